The van der Waals surface area contributed by atoms with Crippen LogP contribution in [-0.4, -0.2) is 23.4 Å². The molecule has 210 valence electrons. The van der Waals surface area contributed by atoms with E-state index in [0.717, 1.165) is 59.1 Å². The summed E-state index contributed by atoms with van der Waals surface area (Å²) in [5, 5.41) is 18.7. The maximum atomic E-state index is 9.34. The Hall–Kier alpha value is -3.70. The third-order valence-electron chi connectivity index (χ3n) is 6.55. The van der Waals surface area contributed by atoms with E-state index < -0.39 is 0 Å². The van der Waals surface area contributed by atoms with E-state index >= 15 is 0 Å². The molecule has 0 atom stereocenters. The lowest BCUT2D eigenvalue weighted by Crippen LogP contribution is -2.03. The maximum absolute atomic E-state index is 9.34. The van der Waals surface area contributed by atoms with Gasteiger partial charge >= 0.3 is 0 Å². The first-order valence-electron chi connectivity index (χ1n) is 14.5. The Morgan fingerprint density at radius 3 is 1.27 bits per heavy atom. The number of benzene rings is 3. The molecule has 0 radical (unpaired) electrons. The Kier molecular flexibility index (Phi) is 13.7. The number of ether oxygens (including phenoxy) is 2. The lowest BCUT2D eigenvalue weighted by Gasteiger charge is -2.14. The largest absolute Gasteiger partial charge is 0.492 e. The first-order chi connectivity index (χ1) is 19.7. The summed E-state index contributed by atoms with van der Waals surface area (Å²) in [5.41, 5.74) is 4.97. The molecule has 0 aliphatic rings. The standard InChI is InChI=1S/C36H42O4/c1-3-5-7-9-23-39-35-25-34(22-20-30-13-17-32(28-38)18-14-30)36(40-24-10-8-6-4-2)26-33(35)21-19-29-11-15-31(27-37)16-12-29/h11-18,25-26,37-38H,3-10,23-24,27-28H2,1-2H3. The van der Waals surface area contributed by atoms with Crippen LogP contribution in [0.25, 0.3) is 0 Å². The molecule has 3 aromatic rings. The Morgan fingerprint density at radius 2 is 0.925 bits per heavy atom. The zero-order chi connectivity index (χ0) is 28.4. The zero-order valence-corrected chi connectivity index (χ0v) is 24.0. The Bertz CT molecular complexity index is 1180. The van der Waals surface area contributed by atoms with Crippen LogP contribution >= 0.6 is 0 Å². The number of hydrogen-bond donors (Lipinski definition) is 2. The molecular weight excluding hydrogens is 496 g/mol. The van der Waals surface area contributed by atoms with Crippen molar-refractivity contribution in [2.45, 2.75) is 78.4 Å². The Balaban J connectivity index is 1.96. The van der Waals surface area contributed by atoms with Crippen molar-refractivity contribution in [1.82, 2.24) is 0 Å². The topological polar surface area (TPSA) is 58.9 Å². The summed E-state index contributed by atoms with van der Waals surface area (Å²) in [6.07, 6.45) is 8.96. The fourth-order valence-electron chi connectivity index (χ4n) is 4.08. The van der Waals surface area contributed by atoms with Gasteiger partial charge in [-0.05, 0) is 48.2 Å². The van der Waals surface area contributed by atoms with E-state index in [1.54, 1.807) is 0 Å². The fourth-order valence-corrected chi connectivity index (χ4v) is 4.08. The molecule has 0 amide bonds. The van der Waals surface area contributed by atoms with E-state index in [0.29, 0.717) is 24.7 Å². The van der Waals surface area contributed by atoms with Crippen LogP contribution in [0, 0.1) is 23.7 Å². The molecule has 0 saturated carbocycles. The minimum absolute atomic E-state index is 0.0107. The van der Waals surface area contributed by atoms with Crippen molar-refractivity contribution in [2.75, 3.05) is 13.2 Å². The molecule has 0 saturated heterocycles. The van der Waals surface area contributed by atoms with Crippen molar-refractivity contribution < 1.29 is 19.7 Å². The molecule has 4 heteroatoms. The number of rotatable bonds is 14. The first kappa shape index (κ1) is 30.8. The van der Waals surface area contributed by atoms with Crippen LogP contribution in [0.4, 0.5) is 0 Å². The molecule has 40 heavy (non-hydrogen) atoms. The highest BCUT2D eigenvalue weighted by molar-refractivity contribution is 5.60. The second kappa shape index (κ2) is 17.8. The van der Waals surface area contributed by atoms with Crippen molar-refractivity contribution in [1.29, 1.82) is 0 Å². The van der Waals surface area contributed by atoms with E-state index in [9.17, 15) is 10.2 Å². The van der Waals surface area contributed by atoms with Crippen LogP contribution in [0.3, 0.4) is 0 Å². The average Bonchev–Trinajstić information content (AvgIpc) is 3.00. The van der Waals surface area contributed by atoms with Crippen molar-refractivity contribution in [3.05, 3.63) is 94.0 Å². The van der Waals surface area contributed by atoms with E-state index in [-0.39, 0.29) is 13.2 Å². The minimum Gasteiger partial charge on any atom is -0.492 e. The summed E-state index contributed by atoms with van der Waals surface area (Å²) in [6, 6.07) is 19.1. The third kappa shape index (κ3) is 10.5. The summed E-state index contributed by atoms with van der Waals surface area (Å²) in [6.45, 7) is 5.66. The van der Waals surface area contributed by atoms with Crippen LogP contribution < -0.4 is 9.47 Å². The molecule has 0 aliphatic carbocycles. The van der Waals surface area contributed by atoms with Crippen molar-refractivity contribution in [2.24, 2.45) is 0 Å². The van der Waals surface area contributed by atoms with Gasteiger partial charge in [0.15, 0.2) is 0 Å². The predicted molar refractivity (Wildman–Crippen MR) is 162 cm³/mol. The highest BCUT2D eigenvalue weighted by Crippen LogP contribution is 2.29. The molecule has 4 nitrogen and oxygen atoms in total. The third-order valence-corrected chi connectivity index (χ3v) is 6.55. The monoisotopic (exact) mass is 538 g/mol. The summed E-state index contributed by atoms with van der Waals surface area (Å²) in [7, 11) is 0. The second-order valence-corrected chi connectivity index (χ2v) is 9.87. The molecule has 0 aromatic heterocycles. The van der Waals surface area contributed by atoms with Gasteiger partial charge in [-0.15, -0.1) is 0 Å². The molecular formula is C36H42O4. The number of unbranched alkanes of at least 4 members (excludes halogenated alkanes) is 6. The van der Waals surface area contributed by atoms with Crippen LogP contribution in [0.1, 0.15) is 98.6 Å². The summed E-state index contributed by atoms with van der Waals surface area (Å²) in [5.74, 6) is 14.5. The molecule has 3 aromatic carbocycles. The summed E-state index contributed by atoms with van der Waals surface area (Å²) >= 11 is 0. The SMILES string of the molecule is CCCCCCOc1cc(C#Cc2ccc(CO)cc2)c(OCCCCCC)cc1C#Cc1ccc(CO)cc1. The van der Waals surface area contributed by atoms with Gasteiger partial charge in [0.05, 0.1) is 37.6 Å². The molecule has 2 N–H and O–H groups in total. The van der Waals surface area contributed by atoms with Crippen LogP contribution in [0.2, 0.25) is 0 Å². The quantitative estimate of drug-likeness (QED) is 0.166. The van der Waals surface area contributed by atoms with Gasteiger partial charge in [-0.1, -0.05) is 100 Å². The number of hydrogen-bond acceptors (Lipinski definition) is 4. The highest BCUT2D eigenvalue weighted by Gasteiger charge is 2.11. The molecule has 3 rings (SSSR count). The van der Waals surface area contributed by atoms with Crippen molar-refractivity contribution >= 4 is 0 Å². The van der Waals surface area contributed by atoms with Crippen molar-refractivity contribution in [3.8, 4) is 35.2 Å². The van der Waals surface area contributed by atoms with Gasteiger partial charge in [-0.2, -0.15) is 0 Å². The van der Waals surface area contributed by atoms with Crippen LogP contribution in [-0.2, 0) is 13.2 Å². The van der Waals surface area contributed by atoms with E-state index in [1.165, 1.54) is 25.7 Å². The van der Waals surface area contributed by atoms with E-state index in [2.05, 4.69) is 37.5 Å². The van der Waals surface area contributed by atoms with Gasteiger partial charge in [-0.25, -0.2) is 0 Å². The number of aliphatic hydroxyl groups is 2. The normalized spacial score (nSPS) is 10.3. The Morgan fingerprint density at radius 1 is 0.525 bits per heavy atom. The average molecular weight is 539 g/mol. The van der Waals surface area contributed by atoms with E-state index in [1.807, 2.05) is 60.7 Å². The molecule has 0 unspecified atom stereocenters. The fraction of sp³-hybridized carbons (Fsp3) is 0.389. The van der Waals surface area contributed by atoms with Crippen LogP contribution in [0.5, 0.6) is 11.5 Å². The molecule has 0 bridgehead atoms. The maximum Gasteiger partial charge on any atom is 0.136 e. The van der Waals surface area contributed by atoms with Gasteiger partial charge in [0.2, 0.25) is 0 Å². The highest BCUT2D eigenvalue weighted by atomic mass is 16.5. The zero-order valence-electron chi connectivity index (χ0n) is 24.0. The number of aliphatic hydroxyl groups excluding tert-OH is 2. The van der Waals surface area contributed by atoms with Crippen LogP contribution in [0.15, 0.2) is 60.7 Å². The smallest absolute Gasteiger partial charge is 0.136 e. The first-order valence-corrected chi connectivity index (χ1v) is 14.5. The Labute approximate surface area is 240 Å². The van der Waals surface area contributed by atoms with Gasteiger partial charge < -0.3 is 19.7 Å². The molecule has 0 aliphatic heterocycles. The molecule has 0 fully saturated rings. The predicted octanol–water partition coefficient (Wildman–Crippen LogP) is 7.39. The molecule has 0 spiro atoms. The van der Waals surface area contributed by atoms with Gasteiger partial charge in [-0.3, -0.25) is 0 Å². The molecule has 0 heterocycles. The lowest BCUT2D eigenvalue weighted by atomic mass is 10.1. The lowest BCUT2D eigenvalue weighted by molar-refractivity contribution is 0.281. The summed E-state index contributed by atoms with van der Waals surface area (Å²) in [4.78, 5) is 0. The van der Waals surface area contributed by atoms with Crippen molar-refractivity contribution in [3.63, 3.8) is 0 Å². The van der Waals surface area contributed by atoms with Gasteiger partial charge in [0.25, 0.3) is 0 Å². The van der Waals surface area contributed by atoms with E-state index in [4.69, 9.17) is 9.47 Å². The minimum atomic E-state index is 0.0107. The summed E-state index contributed by atoms with van der Waals surface area (Å²) < 4.78 is 12.5. The van der Waals surface area contributed by atoms with Gasteiger partial charge in [0.1, 0.15) is 11.5 Å². The second-order valence-electron chi connectivity index (χ2n) is 9.87. The van der Waals surface area contributed by atoms with Gasteiger partial charge in [0, 0.05) is 23.3 Å².